The van der Waals surface area contributed by atoms with E-state index < -0.39 is 35.0 Å². The molecule has 0 saturated heterocycles. The van der Waals surface area contributed by atoms with E-state index in [-0.39, 0.29) is 5.92 Å². The third kappa shape index (κ3) is 4.97. The average Bonchev–Trinajstić information content (AvgIpc) is 2.34. The van der Waals surface area contributed by atoms with E-state index in [1.54, 1.807) is 0 Å². The van der Waals surface area contributed by atoms with Crippen LogP contribution in [0.3, 0.4) is 0 Å². The van der Waals surface area contributed by atoms with Crippen molar-refractivity contribution < 1.29 is 27.9 Å². The van der Waals surface area contributed by atoms with Crippen molar-refractivity contribution in [3.05, 3.63) is 29.3 Å². The Bertz CT molecular complexity index is 542. The topological polar surface area (TPSA) is 78.4 Å². The Morgan fingerprint density at radius 1 is 1.29 bits per heavy atom. The molecule has 1 rings (SSSR count). The Hall–Kier alpha value is -2.25. The third-order valence-corrected chi connectivity index (χ3v) is 2.50. The van der Waals surface area contributed by atoms with Gasteiger partial charge in [-0.1, -0.05) is 13.8 Å². The number of hydrogen-bond acceptors (Lipinski definition) is 2. The minimum absolute atomic E-state index is 0.149. The monoisotopic (exact) mass is 304 g/mol. The molecular weight excluding hydrogens is 289 g/mol. The van der Waals surface area contributed by atoms with Gasteiger partial charge in [0.1, 0.15) is 0 Å². The number of amides is 2. The number of hydrogen-bond donors (Lipinski definition) is 3. The number of rotatable bonds is 4. The SMILES string of the molecule is CC(C)CNC(=O)Nc1cc(C(F)(F)F)ccc1C(=O)O. The summed E-state index contributed by atoms with van der Waals surface area (Å²) in [5.74, 6) is -1.28. The summed E-state index contributed by atoms with van der Waals surface area (Å²) < 4.78 is 37.8. The summed E-state index contributed by atoms with van der Waals surface area (Å²) in [6.07, 6.45) is -4.62. The molecule has 21 heavy (non-hydrogen) atoms. The molecule has 0 spiro atoms. The maximum atomic E-state index is 12.6. The number of carbonyl (C=O) groups is 2. The predicted octanol–water partition coefficient (Wildman–Crippen LogP) is 3.18. The molecular formula is C13H15F3N2O3. The number of aromatic carboxylic acids is 1. The van der Waals surface area contributed by atoms with Crippen molar-refractivity contribution in [2.45, 2.75) is 20.0 Å². The molecule has 5 nitrogen and oxygen atoms in total. The van der Waals surface area contributed by atoms with Gasteiger partial charge in [0.05, 0.1) is 16.8 Å². The molecule has 0 heterocycles. The Balaban J connectivity index is 3.01. The molecule has 0 aliphatic carbocycles. The van der Waals surface area contributed by atoms with Crippen molar-refractivity contribution in [1.82, 2.24) is 5.32 Å². The molecule has 0 aliphatic heterocycles. The second-order valence-corrected chi connectivity index (χ2v) is 4.79. The lowest BCUT2D eigenvalue weighted by Gasteiger charge is -2.14. The summed E-state index contributed by atoms with van der Waals surface area (Å²) in [6.45, 7) is 3.99. The Labute approximate surface area is 119 Å². The maximum Gasteiger partial charge on any atom is 0.416 e. The van der Waals surface area contributed by atoms with E-state index in [4.69, 9.17) is 5.11 Å². The molecule has 1 aromatic rings. The van der Waals surface area contributed by atoms with Crippen LogP contribution in [0.25, 0.3) is 0 Å². The van der Waals surface area contributed by atoms with Gasteiger partial charge in [-0.05, 0) is 24.1 Å². The van der Waals surface area contributed by atoms with Gasteiger partial charge in [0.25, 0.3) is 0 Å². The minimum atomic E-state index is -4.62. The van der Waals surface area contributed by atoms with Crippen molar-refractivity contribution in [3.63, 3.8) is 0 Å². The molecule has 116 valence electrons. The van der Waals surface area contributed by atoms with Gasteiger partial charge in [-0.25, -0.2) is 9.59 Å². The van der Waals surface area contributed by atoms with Gasteiger partial charge >= 0.3 is 18.2 Å². The highest BCUT2D eigenvalue weighted by Crippen LogP contribution is 2.32. The molecule has 0 atom stereocenters. The molecule has 0 bridgehead atoms. The lowest BCUT2D eigenvalue weighted by Crippen LogP contribution is -2.32. The van der Waals surface area contributed by atoms with Gasteiger partial charge in [0.15, 0.2) is 0 Å². The van der Waals surface area contributed by atoms with Gasteiger partial charge in [-0.15, -0.1) is 0 Å². The summed E-state index contributed by atoms with van der Waals surface area (Å²) >= 11 is 0. The average molecular weight is 304 g/mol. The molecule has 0 aliphatic rings. The molecule has 0 fully saturated rings. The summed E-state index contributed by atoms with van der Waals surface area (Å²) in [5.41, 5.74) is -1.85. The summed E-state index contributed by atoms with van der Waals surface area (Å²) in [6, 6.07) is 1.30. The summed E-state index contributed by atoms with van der Waals surface area (Å²) in [5, 5.41) is 13.5. The Kier molecular flexibility index (Phi) is 5.17. The van der Waals surface area contributed by atoms with E-state index in [9.17, 15) is 22.8 Å². The van der Waals surface area contributed by atoms with E-state index in [0.29, 0.717) is 18.7 Å². The van der Waals surface area contributed by atoms with Gasteiger partial charge in [-0.2, -0.15) is 13.2 Å². The van der Waals surface area contributed by atoms with E-state index in [2.05, 4.69) is 10.6 Å². The lowest BCUT2D eigenvalue weighted by atomic mass is 10.1. The molecule has 0 saturated carbocycles. The summed E-state index contributed by atoms with van der Waals surface area (Å²) in [7, 11) is 0. The van der Waals surface area contributed by atoms with Crippen LogP contribution in [0.2, 0.25) is 0 Å². The zero-order valence-corrected chi connectivity index (χ0v) is 11.4. The first-order chi connectivity index (χ1) is 9.61. The van der Waals surface area contributed by atoms with Crippen LogP contribution in [-0.4, -0.2) is 23.7 Å². The van der Waals surface area contributed by atoms with E-state index in [1.807, 2.05) is 13.8 Å². The highest BCUT2D eigenvalue weighted by atomic mass is 19.4. The second kappa shape index (κ2) is 6.47. The minimum Gasteiger partial charge on any atom is -0.478 e. The van der Waals surface area contributed by atoms with Crippen molar-refractivity contribution in [2.75, 3.05) is 11.9 Å². The number of alkyl halides is 3. The van der Waals surface area contributed by atoms with Crippen molar-refractivity contribution in [3.8, 4) is 0 Å². The highest BCUT2D eigenvalue weighted by Gasteiger charge is 2.31. The molecule has 0 aromatic heterocycles. The number of urea groups is 1. The molecule has 0 unspecified atom stereocenters. The van der Waals surface area contributed by atoms with Crippen LogP contribution in [0.15, 0.2) is 18.2 Å². The lowest BCUT2D eigenvalue weighted by molar-refractivity contribution is -0.137. The Morgan fingerprint density at radius 3 is 2.38 bits per heavy atom. The number of carboxylic acids is 1. The first kappa shape index (κ1) is 16.8. The number of benzene rings is 1. The zero-order chi connectivity index (χ0) is 16.2. The quantitative estimate of drug-likeness (QED) is 0.799. The van der Waals surface area contributed by atoms with E-state index in [1.165, 1.54) is 0 Å². The first-order valence-corrected chi connectivity index (χ1v) is 6.10. The smallest absolute Gasteiger partial charge is 0.416 e. The fourth-order valence-electron chi connectivity index (χ4n) is 1.47. The van der Waals surface area contributed by atoms with Crippen LogP contribution in [0.1, 0.15) is 29.8 Å². The molecule has 2 amide bonds. The van der Waals surface area contributed by atoms with Crippen molar-refractivity contribution in [1.29, 1.82) is 0 Å². The fraction of sp³-hybridized carbons (Fsp3) is 0.385. The second-order valence-electron chi connectivity index (χ2n) is 4.79. The number of anilines is 1. The normalized spacial score (nSPS) is 11.3. The third-order valence-electron chi connectivity index (χ3n) is 2.50. The highest BCUT2D eigenvalue weighted by molar-refractivity contribution is 6.00. The summed E-state index contributed by atoms with van der Waals surface area (Å²) in [4.78, 5) is 22.5. The van der Waals surface area contributed by atoms with Crippen LogP contribution in [0.4, 0.5) is 23.7 Å². The van der Waals surface area contributed by atoms with Crippen LogP contribution in [0.5, 0.6) is 0 Å². The van der Waals surface area contributed by atoms with E-state index in [0.717, 1.165) is 6.07 Å². The number of carbonyl (C=O) groups excluding carboxylic acids is 1. The molecule has 1 aromatic carbocycles. The molecule has 8 heteroatoms. The van der Waals surface area contributed by atoms with Crippen molar-refractivity contribution in [2.24, 2.45) is 5.92 Å². The van der Waals surface area contributed by atoms with Crippen LogP contribution < -0.4 is 10.6 Å². The van der Waals surface area contributed by atoms with Gasteiger partial charge in [0, 0.05) is 6.54 Å². The number of carboxylic acid groups (broad SMARTS) is 1. The zero-order valence-electron chi connectivity index (χ0n) is 11.4. The largest absolute Gasteiger partial charge is 0.478 e. The first-order valence-electron chi connectivity index (χ1n) is 6.10. The van der Waals surface area contributed by atoms with Gasteiger partial charge in [-0.3, -0.25) is 0 Å². The number of halogens is 3. The van der Waals surface area contributed by atoms with Crippen LogP contribution >= 0.6 is 0 Å². The van der Waals surface area contributed by atoms with Crippen LogP contribution in [0, 0.1) is 5.92 Å². The Morgan fingerprint density at radius 2 is 1.90 bits per heavy atom. The predicted molar refractivity (Wildman–Crippen MR) is 70.3 cm³/mol. The van der Waals surface area contributed by atoms with Crippen molar-refractivity contribution >= 4 is 17.7 Å². The standard InChI is InChI=1S/C13H15F3N2O3/c1-7(2)6-17-12(21)18-10-5-8(13(14,15)16)3-4-9(10)11(19)20/h3-5,7H,6H2,1-2H3,(H,19,20)(H2,17,18,21). The fourth-order valence-corrected chi connectivity index (χ4v) is 1.47. The van der Waals surface area contributed by atoms with E-state index >= 15 is 0 Å². The van der Waals surface area contributed by atoms with Gasteiger partial charge < -0.3 is 15.7 Å². The molecule has 0 radical (unpaired) electrons. The van der Waals surface area contributed by atoms with Gasteiger partial charge in [0.2, 0.25) is 0 Å². The maximum absolute atomic E-state index is 12.6. The number of nitrogens with one attached hydrogen (secondary N) is 2. The molecule has 3 N–H and O–H groups in total. The van der Waals surface area contributed by atoms with Crippen LogP contribution in [-0.2, 0) is 6.18 Å².